The van der Waals surface area contributed by atoms with Crippen LogP contribution < -0.4 is 15.8 Å². The van der Waals surface area contributed by atoms with Gasteiger partial charge in [0.15, 0.2) is 0 Å². The molecule has 7 nitrogen and oxygen atoms in total. The van der Waals surface area contributed by atoms with Crippen molar-refractivity contribution < 1.29 is 32.6 Å². The van der Waals surface area contributed by atoms with Crippen LogP contribution in [0.3, 0.4) is 0 Å². The summed E-state index contributed by atoms with van der Waals surface area (Å²) in [5, 5.41) is 18.4. The number of nitriles is 1. The predicted molar refractivity (Wildman–Crippen MR) is 69.1 cm³/mol. The van der Waals surface area contributed by atoms with Crippen LogP contribution in [0.1, 0.15) is 5.56 Å². The average molecular weight is 319 g/mol. The highest BCUT2D eigenvalue weighted by atomic mass is 19.4. The number of halogens is 3. The minimum atomic E-state index is -5.08. The van der Waals surface area contributed by atoms with E-state index in [9.17, 15) is 18.0 Å². The van der Waals surface area contributed by atoms with Crippen molar-refractivity contribution >= 4 is 17.6 Å². The van der Waals surface area contributed by atoms with Gasteiger partial charge in [0.25, 0.3) is 0 Å². The van der Waals surface area contributed by atoms with Crippen LogP contribution in [-0.2, 0) is 9.59 Å². The molecule has 0 aliphatic carbocycles. The number of nitrogens with zero attached hydrogens (tertiary/aromatic N) is 1. The van der Waals surface area contributed by atoms with Crippen LogP contribution in [0.2, 0.25) is 0 Å². The highest BCUT2D eigenvalue weighted by Crippen LogP contribution is 2.24. The number of aliphatic carboxylic acids is 1. The van der Waals surface area contributed by atoms with Gasteiger partial charge >= 0.3 is 12.1 Å². The molecule has 0 aliphatic rings. The lowest BCUT2D eigenvalue weighted by Gasteiger charge is -2.09. The molecule has 10 heteroatoms. The van der Waals surface area contributed by atoms with Crippen LogP contribution >= 0.6 is 0 Å². The van der Waals surface area contributed by atoms with E-state index >= 15 is 0 Å². The smallest absolute Gasteiger partial charge is 0.490 e. The van der Waals surface area contributed by atoms with Gasteiger partial charge in [-0.1, -0.05) is 0 Å². The Morgan fingerprint density at radius 3 is 2.36 bits per heavy atom. The molecule has 0 saturated heterocycles. The number of benzene rings is 1. The van der Waals surface area contributed by atoms with Crippen molar-refractivity contribution in [1.82, 2.24) is 0 Å². The Morgan fingerprint density at radius 2 is 2.00 bits per heavy atom. The number of anilines is 1. The zero-order chi connectivity index (χ0) is 17.3. The third kappa shape index (κ3) is 6.58. The van der Waals surface area contributed by atoms with Crippen molar-refractivity contribution in [2.45, 2.75) is 6.18 Å². The summed E-state index contributed by atoms with van der Waals surface area (Å²) in [7, 11) is 1.47. The van der Waals surface area contributed by atoms with Crippen LogP contribution in [0.25, 0.3) is 0 Å². The predicted octanol–water partition coefficient (Wildman–Crippen LogP) is 1.10. The minimum Gasteiger partial charge on any atom is -0.495 e. The first kappa shape index (κ1) is 19.2. The zero-order valence-electron chi connectivity index (χ0n) is 11.3. The molecule has 0 unspecified atom stereocenters. The quantitative estimate of drug-likeness (QED) is 0.766. The topological polar surface area (TPSA) is 125 Å². The number of nitrogens with one attached hydrogen (secondary N) is 1. The summed E-state index contributed by atoms with van der Waals surface area (Å²) in [5.74, 6) is -2.62. The van der Waals surface area contributed by atoms with E-state index in [4.69, 9.17) is 25.6 Å². The molecule has 1 aromatic carbocycles. The molecule has 0 saturated carbocycles. The molecule has 1 amide bonds. The number of rotatable bonds is 3. The van der Waals surface area contributed by atoms with Crippen molar-refractivity contribution in [3.63, 3.8) is 0 Å². The molecule has 0 radical (unpaired) electrons. The number of carbonyl (C=O) groups excluding carboxylic acids is 1. The van der Waals surface area contributed by atoms with Gasteiger partial charge in [0, 0.05) is 6.07 Å². The third-order valence-corrected chi connectivity index (χ3v) is 2.03. The molecular weight excluding hydrogens is 307 g/mol. The lowest BCUT2D eigenvalue weighted by Crippen LogP contribution is -2.22. The van der Waals surface area contributed by atoms with E-state index in [1.165, 1.54) is 7.11 Å². The maximum Gasteiger partial charge on any atom is 0.490 e. The van der Waals surface area contributed by atoms with Crippen molar-refractivity contribution in [1.29, 1.82) is 5.26 Å². The second kappa shape index (κ2) is 8.48. The van der Waals surface area contributed by atoms with Gasteiger partial charge in [0.1, 0.15) is 5.75 Å². The van der Waals surface area contributed by atoms with Gasteiger partial charge in [0.05, 0.1) is 31.0 Å². The number of carboxylic acid groups (broad SMARTS) is 1. The van der Waals surface area contributed by atoms with Gasteiger partial charge in [-0.2, -0.15) is 18.4 Å². The first-order valence-corrected chi connectivity index (χ1v) is 5.53. The normalized spacial score (nSPS) is 9.82. The van der Waals surface area contributed by atoms with Crippen molar-refractivity contribution in [2.24, 2.45) is 5.73 Å². The monoisotopic (exact) mass is 319 g/mol. The van der Waals surface area contributed by atoms with Crippen LogP contribution in [0, 0.1) is 11.3 Å². The second-order valence-electron chi connectivity index (χ2n) is 3.58. The molecule has 1 aromatic rings. The lowest BCUT2D eigenvalue weighted by molar-refractivity contribution is -0.192. The van der Waals surface area contributed by atoms with Gasteiger partial charge in [0.2, 0.25) is 5.91 Å². The molecule has 0 heterocycles. The van der Waals surface area contributed by atoms with Crippen LogP contribution in [0.5, 0.6) is 5.75 Å². The summed E-state index contributed by atoms with van der Waals surface area (Å²) < 4.78 is 36.8. The summed E-state index contributed by atoms with van der Waals surface area (Å²) in [5.41, 5.74) is 6.14. The molecule has 1 rings (SSSR count). The number of nitrogens with two attached hydrogens (primary N) is 1. The Kier molecular flexibility index (Phi) is 7.40. The van der Waals surface area contributed by atoms with E-state index in [0.717, 1.165) is 0 Å². The molecule has 4 N–H and O–H groups in total. The molecule has 0 aliphatic heterocycles. The number of carboxylic acids is 1. The van der Waals surface area contributed by atoms with E-state index in [0.29, 0.717) is 17.0 Å². The van der Waals surface area contributed by atoms with Crippen molar-refractivity contribution in [3.8, 4) is 11.8 Å². The number of amides is 1. The highest BCUT2D eigenvalue weighted by molar-refractivity contribution is 5.93. The van der Waals surface area contributed by atoms with Crippen LogP contribution in [0.4, 0.5) is 18.9 Å². The summed E-state index contributed by atoms with van der Waals surface area (Å²) in [6.07, 6.45) is -5.08. The number of hydrogen-bond acceptors (Lipinski definition) is 5. The molecule has 0 atom stereocenters. The van der Waals surface area contributed by atoms with E-state index in [-0.39, 0.29) is 12.5 Å². The van der Waals surface area contributed by atoms with E-state index in [1.807, 2.05) is 6.07 Å². The molecular formula is C12H12F3N3O4. The zero-order valence-corrected chi connectivity index (χ0v) is 11.3. The summed E-state index contributed by atoms with van der Waals surface area (Å²) in [4.78, 5) is 19.9. The van der Waals surface area contributed by atoms with E-state index in [1.54, 1.807) is 18.2 Å². The molecule has 0 bridgehead atoms. The van der Waals surface area contributed by atoms with Gasteiger partial charge in [-0.3, -0.25) is 4.79 Å². The van der Waals surface area contributed by atoms with Gasteiger partial charge < -0.3 is 20.9 Å². The Balaban J connectivity index is 0.000000534. The Hall–Kier alpha value is -2.80. The van der Waals surface area contributed by atoms with Crippen LogP contribution in [-0.4, -0.2) is 36.8 Å². The second-order valence-corrected chi connectivity index (χ2v) is 3.58. The highest BCUT2D eigenvalue weighted by Gasteiger charge is 2.38. The molecule has 0 spiro atoms. The molecule has 0 aromatic heterocycles. The van der Waals surface area contributed by atoms with Crippen LogP contribution in [0.15, 0.2) is 18.2 Å². The largest absolute Gasteiger partial charge is 0.495 e. The number of hydrogen-bond donors (Lipinski definition) is 3. The van der Waals surface area contributed by atoms with E-state index in [2.05, 4.69) is 5.32 Å². The number of carbonyl (C=O) groups is 2. The van der Waals surface area contributed by atoms with Gasteiger partial charge in [-0.05, 0) is 12.1 Å². The first-order chi connectivity index (χ1) is 10.1. The maximum atomic E-state index is 11.0. The number of methoxy groups -OCH3 is 1. The first-order valence-electron chi connectivity index (χ1n) is 5.53. The fourth-order valence-corrected chi connectivity index (χ4v) is 1.07. The van der Waals surface area contributed by atoms with Crippen molar-refractivity contribution in [3.05, 3.63) is 23.8 Å². The number of alkyl halides is 3. The maximum absolute atomic E-state index is 11.0. The summed E-state index contributed by atoms with van der Waals surface area (Å²) >= 11 is 0. The summed E-state index contributed by atoms with van der Waals surface area (Å²) in [6.45, 7) is -0.0941. The van der Waals surface area contributed by atoms with Gasteiger partial charge in [-0.15, -0.1) is 0 Å². The molecule has 22 heavy (non-hydrogen) atoms. The fourth-order valence-electron chi connectivity index (χ4n) is 1.07. The Morgan fingerprint density at radius 1 is 1.45 bits per heavy atom. The average Bonchev–Trinajstić information content (AvgIpc) is 2.47. The molecule has 120 valence electrons. The Bertz CT molecular complexity index is 582. The standard InChI is InChI=1S/C10H11N3O2.C2HF3O2/c1-15-9-4-7(5-11)2-3-8(9)13-10(14)6-12;3-2(4,5)1(6)7/h2-4H,6,12H2,1H3,(H,13,14);(H,6,7). The lowest BCUT2D eigenvalue weighted by atomic mass is 10.2. The molecule has 0 fully saturated rings. The van der Waals surface area contributed by atoms with Gasteiger partial charge in [-0.25, -0.2) is 4.79 Å². The van der Waals surface area contributed by atoms with E-state index < -0.39 is 12.1 Å². The summed E-state index contributed by atoms with van der Waals surface area (Å²) in [6, 6.07) is 6.72. The minimum absolute atomic E-state index is 0.0941. The van der Waals surface area contributed by atoms with Crippen molar-refractivity contribution in [2.75, 3.05) is 19.0 Å². The third-order valence-electron chi connectivity index (χ3n) is 2.03. The Labute approximate surface area is 123 Å². The number of ether oxygens (including phenoxy) is 1. The fraction of sp³-hybridized carbons (Fsp3) is 0.250. The SMILES string of the molecule is COc1cc(C#N)ccc1NC(=O)CN.O=C(O)C(F)(F)F.